The smallest absolute Gasteiger partial charge is 0.280 e. The molecular formula is C65H91N17O19. The summed E-state index contributed by atoms with van der Waals surface area (Å²) in [6.45, 7) is 15.9. The van der Waals surface area contributed by atoms with Crippen molar-refractivity contribution in [2.24, 2.45) is 28.7 Å². The Morgan fingerprint density at radius 2 is 1.02 bits per heavy atom. The second-order valence-electron chi connectivity index (χ2n) is 22.8. The molecule has 550 valence electrons. The molecule has 36 nitrogen and oxygen atoms in total. The first-order valence-electron chi connectivity index (χ1n) is 33.3. The van der Waals surface area contributed by atoms with Gasteiger partial charge < -0.3 is 87.7 Å². The quantitative estimate of drug-likeness (QED) is 0.0201. The number of primary amides is 2. The lowest BCUT2D eigenvalue weighted by molar-refractivity contribution is -0.141. The van der Waals surface area contributed by atoms with Gasteiger partial charge in [-0.1, -0.05) is 17.4 Å². The molecule has 3 aliphatic rings. The topological polar surface area (TPSA) is 419 Å². The monoisotopic (exact) mass is 1410 g/mol. The second-order valence-corrected chi connectivity index (χ2v) is 22.8. The summed E-state index contributed by atoms with van der Waals surface area (Å²) in [5.74, 6) is -3.08. The third kappa shape index (κ3) is 25.5. The van der Waals surface area contributed by atoms with Crippen LogP contribution in [0.15, 0.2) is 76.8 Å². The molecule has 3 aliphatic heterocycles. The number of aromatic nitrogens is 7. The van der Waals surface area contributed by atoms with Gasteiger partial charge in [-0.3, -0.25) is 58.7 Å². The number of aryl methyl sites for hydroxylation is 1. The lowest BCUT2D eigenvalue weighted by atomic mass is 10.1. The molecule has 8 rings (SSSR count). The standard InChI is InChI=1S/C65H91N17O19/c1-46-39-51(74-73-46)62(88)71-64-69-49-40-47(60(66)86)42-53(90-3)58(49)80(64)11-4-5-12-81-59-50(70-65(81)72-63(89)52-44-77(2)76-75-52)41-48(61(67)87)43-54(59)101-18-6-10-78-13-15-79(16-14-78)17-20-92-22-24-94-26-28-96-30-32-98-34-36-100-38-37-99-35-33-97-31-29-95-27-25-93-23-21-91-19-9-68-55(83)45-82-56(84)7-8-57(82)85/h4-5,7-8,39-44,46H,6,9-38,45H2,1-3H3,(H2,66,86)(H2,67,87)(H,68,83)(H,69,71,88)(H,70,72,89)/b5-4+. The third-order valence-corrected chi connectivity index (χ3v) is 15.4. The van der Waals surface area contributed by atoms with E-state index in [1.54, 1.807) is 35.2 Å². The zero-order valence-corrected chi connectivity index (χ0v) is 57.3. The number of nitrogens with two attached hydrogens (primary N) is 2. The van der Waals surface area contributed by atoms with Crippen LogP contribution in [0.4, 0.5) is 11.9 Å². The first kappa shape index (κ1) is 77.7. The van der Waals surface area contributed by atoms with Crippen molar-refractivity contribution < 1.29 is 90.4 Å². The van der Waals surface area contributed by atoms with E-state index >= 15 is 0 Å². The van der Waals surface area contributed by atoms with Crippen LogP contribution in [0.3, 0.4) is 0 Å². The molecule has 2 aromatic carbocycles. The van der Waals surface area contributed by atoms with E-state index in [9.17, 15) is 33.6 Å². The molecule has 1 atom stereocenters. The van der Waals surface area contributed by atoms with E-state index < -0.39 is 41.4 Å². The maximum Gasteiger partial charge on any atom is 0.280 e. The Kier molecular flexibility index (Phi) is 32.5. The maximum atomic E-state index is 13.6. The molecule has 6 heterocycles. The van der Waals surface area contributed by atoms with Gasteiger partial charge in [0, 0.05) is 89.2 Å². The number of anilines is 2. The highest BCUT2D eigenvalue weighted by Crippen LogP contribution is 2.33. The van der Waals surface area contributed by atoms with Gasteiger partial charge in [0.1, 0.15) is 34.8 Å². The van der Waals surface area contributed by atoms with Gasteiger partial charge >= 0.3 is 0 Å². The molecule has 0 bridgehead atoms. The molecule has 5 aromatic rings. The van der Waals surface area contributed by atoms with Gasteiger partial charge in [0.2, 0.25) is 29.6 Å². The zero-order valence-electron chi connectivity index (χ0n) is 57.3. The Hall–Kier alpha value is -9.05. The summed E-state index contributed by atoms with van der Waals surface area (Å²) in [4.78, 5) is 102. The number of imidazole rings is 2. The van der Waals surface area contributed by atoms with Crippen LogP contribution in [0.1, 0.15) is 44.5 Å². The Balaban J connectivity index is 0.640. The summed E-state index contributed by atoms with van der Waals surface area (Å²) in [6, 6.07) is 5.84. The lowest BCUT2D eigenvalue weighted by Gasteiger charge is -2.34. The Morgan fingerprint density at radius 3 is 1.47 bits per heavy atom. The minimum atomic E-state index is -0.692. The number of methoxy groups -OCH3 is 1. The van der Waals surface area contributed by atoms with Crippen LogP contribution in [0, 0.1) is 0 Å². The average Bonchev–Trinajstić information content (AvgIpc) is 1.64. The predicted octanol–water partition coefficient (Wildman–Crippen LogP) is 0.500. The summed E-state index contributed by atoms with van der Waals surface area (Å²) >= 11 is 0. The first-order chi connectivity index (χ1) is 49.1. The van der Waals surface area contributed by atoms with E-state index in [1.165, 1.54) is 36.2 Å². The van der Waals surface area contributed by atoms with Crippen molar-refractivity contribution >= 4 is 75.3 Å². The fourth-order valence-corrected chi connectivity index (χ4v) is 10.3. The third-order valence-electron chi connectivity index (χ3n) is 15.4. The van der Waals surface area contributed by atoms with Crippen LogP contribution in [0.25, 0.3) is 22.1 Å². The fraction of sp³-hybridized carbons (Fsp3) is 0.554. The highest BCUT2D eigenvalue weighted by molar-refractivity contribution is 6.14. The van der Waals surface area contributed by atoms with Crippen molar-refractivity contribution in [1.82, 2.24) is 54.1 Å². The van der Waals surface area contributed by atoms with E-state index in [-0.39, 0.29) is 85.6 Å². The summed E-state index contributed by atoms with van der Waals surface area (Å²) in [5.41, 5.74) is 13.6. The number of nitrogens with zero attached hydrogens (tertiary/aromatic N) is 12. The number of carbonyl (C=O) groups is 7. The van der Waals surface area contributed by atoms with Crippen LogP contribution in [-0.4, -0.2) is 294 Å². The number of benzene rings is 2. The molecule has 3 aromatic heterocycles. The van der Waals surface area contributed by atoms with E-state index in [2.05, 4.69) is 51.3 Å². The maximum absolute atomic E-state index is 13.6. The summed E-state index contributed by atoms with van der Waals surface area (Å²) in [6.07, 6.45) is 9.64. The fourth-order valence-electron chi connectivity index (χ4n) is 10.3. The van der Waals surface area contributed by atoms with Crippen LogP contribution in [0.5, 0.6) is 11.5 Å². The van der Waals surface area contributed by atoms with Crippen molar-refractivity contribution in [1.29, 1.82) is 0 Å². The number of piperazine rings is 1. The molecular weight excluding hydrogens is 1320 g/mol. The van der Waals surface area contributed by atoms with Gasteiger partial charge in [-0.2, -0.15) is 5.11 Å². The second kappa shape index (κ2) is 42.3. The highest BCUT2D eigenvalue weighted by Gasteiger charge is 2.27. The normalized spacial score (nSPS) is 14.9. The Labute approximate surface area is 582 Å². The average molecular weight is 1410 g/mol. The minimum absolute atomic E-state index is 0.0446. The SMILES string of the molecule is COc1cc(C(N)=O)cc2nc(NC(=O)C3=CC(C)N=N3)n(C/C=C/Cn3c(NC(=O)c4cn(C)nn4)nc4cc(C(N)=O)cc(OCCCN5CCN(CCOCCOCCOCCOCCOCCOCCOCCOCCOCCOCCNC(=O)CN6C(=O)C=CC6=O)CC5)c43)c12. The molecule has 1 fully saturated rings. The van der Waals surface area contributed by atoms with Gasteiger partial charge in [0.05, 0.1) is 169 Å². The van der Waals surface area contributed by atoms with Crippen molar-refractivity contribution in [2.45, 2.75) is 32.5 Å². The number of carbonyl (C=O) groups excluding carboxylic acids is 7. The van der Waals surface area contributed by atoms with Gasteiger partial charge in [-0.15, -0.1) is 10.2 Å². The summed E-state index contributed by atoms with van der Waals surface area (Å²) in [7, 11) is 3.08. The largest absolute Gasteiger partial charge is 0.494 e. The molecule has 7 amide bonds. The number of rotatable bonds is 51. The molecule has 7 N–H and O–H groups in total. The van der Waals surface area contributed by atoms with E-state index in [4.69, 9.17) is 73.3 Å². The number of hydrogen-bond donors (Lipinski definition) is 5. The van der Waals surface area contributed by atoms with E-state index in [1.807, 2.05) is 12.2 Å². The number of nitrogens with one attached hydrogen (secondary N) is 3. The van der Waals surface area contributed by atoms with Crippen LogP contribution < -0.4 is 36.9 Å². The molecule has 101 heavy (non-hydrogen) atoms. The van der Waals surface area contributed by atoms with Crippen molar-refractivity contribution in [3.8, 4) is 11.5 Å². The number of amides is 7. The molecule has 36 heteroatoms. The van der Waals surface area contributed by atoms with E-state index in [0.717, 1.165) is 56.3 Å². The molecule has 1 saturated heterocycles. The number of allylic oxidation sites excluding steroid dienone is 2. The van der Waals surface area contributed by atoms with Crippen LogP contribution in [0.2, 0.25) is 0 Å². The molecule has 0 aliphatic carbocycles. The van der Waals surface area contributed by atoms with Gasteiger partial charge in [0.15, 0.2) is 5.69 Å². The number of imide groups is 1. The first-order valence-corrected chi connectivity index (χ1v) is 33.3. The van der Waals surface area contributed by atoms with Crippen molar-refractivity contribution in [3.63, 3.8) is 0 Å². The summed E-state index contributed by atoms with van der Waals surface area (Å²) < 4.78 is 72.6. The van der Waals surface area contributed by atoms with Gasteiger partial charge in [0.25, 0.3) is 23.6 Å². The zero-order chi connectivity index (χ0) is 71.6. The van der Waals surface area contributed by atoms with Crippen molar-refractivity contribution in [2.75, 3.05) is 209 Å². The van der Waals surface area contributed by atoms with Gasteiger partial charge in [-0.05, 0) is 43.7 Å². The highest BCUT2D eigenvalue weighted by atomic mass is 16.6. The predicted molar refractivity (Wildman–Crippen MR) is 362 cm³/mol. The molecule has 0 spiro atoms. The lowest BCUT2D eigenvalue weighted by Crippen LogP contribution is -2.47. The number of ether oxygens (including phenoxy) is 12. The van der Waals surface area contributed by atoms with E-state index in [0.29, 0.717) is 160 Å². The van der Waals surface area contributed by atoms with Crippen molar-refractivity contribution in [3.05, 3.63) is 83.4 Å². The molecule has 0 radical (unpaired) electrons. The number of hydrogen-bond acceptors (Lipinski definition) is 27. The van der Waals surface area contributed by atoms with Crippen LogP contribution in [-0.2, 0) is 86.7 Å². The van der Waals surface area contributed by atoms with Crippen LogP contribution >= 0.6 is 0 Å². The minimum Gasteiger partial charge on any atom is -0.494 e. The Bertz CT molecular complexity index is 3640. The number of azo groups is 1. The summed E-state index contributed by atoms with van der Waals surface area (Å²) in [5, 5.41) is 24.1. The molecule has 0 saturated carbocycles. The van der Waals surface area contributed by atoms with Gasteiger partial charge in [-0.25, -0.2) is 9.97 Å². The Morgan fingerprint density at radius 1 is 0.574 bits per heavy atom. The molecule has 1 unspecified atom stereocenters. The number of fused-ring (bicyclic) bond motifs is 2.